The Kier molecular flexibility index (Phi) is 7.18. The molecule has 3 aromatic rings. The number of alkyl halides is 3. The fourth-order valence-electron chi connectivity index (χ4n) is 2.72. The zero-order valence-electron chi connectivity index (χ0n) is 16.4. The van der Waals surface area contributed by atoms with Gasteiger partial charge >= 0.3 is 6.18 Å². The van der Waals surface area contributed by atoms with Crippen LogP contribution < -0.4 is 5.32 Å². The van der Waals surface area contributed by atoms with Gasteiger partial charge in [0.25, 0.3) is 0 Å². The Morgan fingerprint density at radius 1 is 1.16 bits per heavy atom. The van der Waals surface area contributed by atoms with E-state index in [1.165, 1.54) is 0 Å². The van der Waals surface area contributed by atoms with Crippen molar-refractivity contribution in [2.45, 2.75) is 37.0 Å². The van der Waals surface area contributed by atoms with Gasteiger partial charge in [-0.1, -0.05) is 35.0 Å². The lowest BCUT2D eigenvalue weighted by Gasteiger charge is -2.15. The van der Waals surface area contributed by atoms with E-state index >= 15 is 0 Å². The zero-order valence-corrected chi connectivity index (χ0v) is 18.7. The van der Waals surface area contributed by atoms with E-state index < -0.39 is 22.9 Å². The third kappa shape index (κ3) is 5.53. The maximum absolute atomic E-state index is 12.9. The first kappa shape index (κ1) is 23.4. The molecule has 0 aliphatic heterocycles. The van der Waals surface area contributed by atoms with E-state index in [0.717, 1.165) is 35.5 Å². The van der Waals surface area contributed by atoms with E-state index in [0.29, 0.717) is 22.5 Å². The number of thioether (sulfide) groups is 1. The standard InChI is InChI=1S/C20H17Cl2F3N4OS/c1-3-29-17(12-4-7-14(21)8-5-12)27-28-19(29)31-11(2)18(30)26-16-10-13(20(23,24)25)6-9-15(16)22/h4-11H,3H2,1-2H3,(H,26,30). The second-order valence-corrected chi connectivity index (χ2v) is 8.65. The molecule has 164 valence electrons. The van der Waals surface area contributed by atoms with Crippen LogP contribution in [0.1, 0.15) is 19.4 Å². The molecule has 1 unspecified atom stereocenters. The largest absolute Gasteiger partial charge is 0.416 e. The van der Waals surface area contributed by atoms with E-state index in [4.69, 9.17) is 23.2 Å². The molecule has 1 aromatic heterocycles. The molecular weight excluding hydrogens is 472 g/mol. The molecule has 0 aliphatic rings. The second-order valence-electron chi connectivity index (χ2n) is 6.50. The molecule has 11 heteroatoms. The molecule has 3 rings (SSSR count). The number of hydrogen-bond acceptors (Lipinski definition) is 4. The van der Waals surface area contributed by atoms with Gasteiger partial charge in [-0.3, -0.25) is 4.79 Å². The van der Waals surface area contributed by atoms with Gasteiger partial charge in [-0.2, -0.15) is 13.2 Å². The molecule has 5 nitrogen and oxygen atoms in total. The van der Waals surface area contributed by atoms with Gasteiger partial charge in [0.1, 0.15) is 0 Å². The Bertz CT molecular complexity index is 1090. The molecule has 0 aliphatic carbocycles. The van der Waals surface area contributed by atoms with E-state index in [9.17, 15) is 18.0 Å². The summed E-state index contributed by atoms with van der Waals surface area (Å²) >= 11 is 13.0. The van der Waals surface area contributed by atoms with Crippen LogP contribution in [0.5, 0.6) is 0 Å². The van der Waals surface area contributed by atoms with Gasteiger partial charge in [-0.15, -0.1) is 10.2 Å². The zero-order chi connectivity index (χ0) is 22.8. The number of nitrogens with zero attached hydrogens (tertiary/aromatic N) is 3. The normalized spacial score (nSPS) is 12.6. The first-order valence-electron chi connectivity index (χ1n) is 9.13. The van der Waals surface area contributed by atoms with Crippen LogP contribution in [0, 0.1) is 0 Å². The molecule has 1 N–H and O–H groups in total. The van der Waals surface area contributed by atoms with Gasteiger partial charge in [0.15, 0.2) is 11.0 Å². The highest BCUT2D eigenvalue weighted by Gasteiger charge is 2.31. The smallest absolute Gasteiger partial charge is 0.324 e. The Labute approximate surface area is 190 Å². The predicted octanol–water partition coefficient (Wildman–Crippen LogP) is 6.41. The van der Waals surface area contributed by atoms with Crippen LogP contribution in [0.3, 0.4) is 0 Å². The van der Waals surface area contributed by atoms with E-state index in [1.807, 2.05) is 23.6 Å². The van der Waals surface area contributed by atoms with Crippen LogP contribution >= 0.6 is 35.0 Å². The summed E-state index contributed by atoms with van der Waals surface area (Å²) in [5.74, 6) is 0.111. The maximum atomic E-state index is 12.9. The first-order chi connectivity index (χ1) is 14.6. The van der Waals surface area contributed by atoms with Crippen LogP contribution in [-0.2, 0) is 17.5 Å². The molecule has 1 atom stereocenters. The summed E-state index contributed by atoms with van der Waals surface area (Å²) in [6.07, 6.45) is -4.54. The number of amides is 1. The number of nitrogens with one attached hydrogen (secondary N) is 1. The van der Waals surface area contributed by atoms with Crippen molar-refractivity contribution >= 4 is 46.6 Å². The number of hydrogen-bond donors (Lipinski definition) is 1. The number of carbonyl (C=O) groups excluding carboxylic acids is 1. The van der Waals surface area contributed by atoms with Gasteiger partial charge in [0.05, 0.1) is 21.5 Å². The number of benzene rings is 2. The molecule has 0 bridgehead atoms. The second kappa shape index (κ2) is 9.50. The van der Waals surface area contributed by atoms with Crippen LogP contribution in [0.25, 0.3) is 11.4 Å². The minimum atomic E-state index is -4.54. The Morgan fingerprint density at radius 3 is 2.45 bits per heavy atom. The van der Waals surface area contributed by atoms with Crippen molar-refractivity contribution in [1.29, 1.82) is 0 Å². The van der Waals surface area contributed by atoms with Crippen molar-refractivity contribution in [3.05, 3.63) is 58.1 Å². The summed E-state index contributed by atoms with van der Waals surface area (Å²) in [7, 11) is 0. The quantitative estimate of drug-likeness (QED) is 0.407. The molecule has 1 heterocycles. The molecule has 0 spiro atoms. The average Bonchev–Trinajstić information content (AvgIpc) is 3.11. The summed E-state index contributed by atoms with van der Waals surface area (Å²) in [4.78, 5) is 12.6. The molecule has 1 amide bonds. The van der Waals surface area contributed by atoms with Crippen LogP contribution in [0.15, 0.2) is 47.6 Å². The fourth-order valence-corrected chi connectivity index (χ4v) is 3.92. The number of rotatable bonds is 6. The number of aromatic nitrogens is 3. The van der Waals surface area contributed by atoms with E-state index in [2.05, 4.69) is 15.5 Å². The third-order valence-electron chi connectivity index (χ3n) is 4.34. The maximum Gasteiger partial charge on any atom is 0.416 e. The lowest BCUT2D eigenvalue weighted by Crippen LogP contribution is -2.23. The fraction of sp³-hybridized carbons (Fsp3) is 0.250. The molecule has 31 heavy (non-hydrogen) atoms. The van der Waals surface area contributed by atoms with Crippen molar-refractivity contribution in [2.75, 3.05) is 5.32 Å². The van der Waals surface area contributed by atoms with Crippen LogP contribution in [0.2, 0.25) is 10.0 Å². The van der Waals surface area contributed by atoms with Gasteiger partial charge < -0.3 is 9.88 Å². The van der Waals surface area contributed by atoms with E-state index in [-0.39, 0.29) is 10.7 Å². The van der Waals surface area contributed by atoms with Gasteiger partial charge in [-0.25, -0.2) is 0 Å². The number of carbonyl (C=O) groups is 1. The van der Waals surface area contributed by atoms with Crippen molar-refractivity contribution in [2.24, 2.45) is 0 Å². The van der Waals surface area contributed by atoms with E-state index in [1.54, 1.807) is 19.1 Å². The third-order valence-corrected chi connectivity index (χ3v) is 6.00. The number of halogens is 5. The molecule has 2 aromatic carbocycles. The minimum absolute atomic E-state index is 0.0142. The van der Waals surface area contributed by atoms with Crippen molar-refractivity contribution in [3.63, 3.8) is 0 Å². The van der Waals surface area contributed by atoms with Gasteiger partial charge in [-0.05, 0) is 56.3 Å². The van der Waals surface area contributed by atoms with Crippen LogP contribution in [0.4, 0.5) is 18.9 Å². The average molecular weight is 489 g/mol. The van der Waals surface area contributed by atoms with Crippen LogP contribution in [-0.4, -0.2) is 25.9 Å². The molecule has 0 fully saturated rings. The highest BCUT2D eigenvalue weighted by atomic mass is 35.5. The highest BCUT2D eigenvalue weighted by molar-refractivity contribution is 8.00. The number of anilines is 1. The Morgan fingerprint density at radius 2 is 1.84 bits per heavy atom. The summed E-state index contributed by atoms with van der Waals surface area (Å²) < 4.78 is 40.7. The Hall–Kier alpha value is -2.23. The van der Waals surface area contributed by atoms with Crippen molar-refractivity contribution < 1.29 is 18.0 Å². The minimum Gasteiger partial charge on any atom is -0.324 e. The monoisotopic (exact) mass is 488 g/mol. The first-order valence-corrected chi connectivity index (χ1v) is 10.8. The molecular formula is C20H17Cl2F3N4OS. The predicted molar refractivity (Wildman–Crippen MR) is 117 cm³/mol. The highest BCUT2D eigenvalue weighted by Crippen LogP contribution is 2.34. The summed E-state index contributed by atoms with van der Waals surface area (Å²) in [6.45, 7) is 4.10. The summed E-state index contributed by atoms with van der Waals surface area (Å²) in [5.41, 5.74) is -0.183. The SMILES string of the molecule is CCn1c(SC(C)C(=O)Nc2cc(C(F)(F)F)ccc2Cl)nnc1-c1ccc(Cl)cc1. The summed E-state index contributed by atoms with van der Waals surface area (Å²) in [6, 6.07) is 9.89. The lowest BCUT2D eigenvalue weighted by atomic mass is 10.2. The van der Waals surface area contributed by atoms with Crippen molar-refractivity contribution in [1.82, 2.24) is 14.8 Å². The topological polar surface area (TPSA) is 59.8 Å². The summed E-state index contributed by atoms with van der Waals surface area (Å²) in [5, 5.41) is 11.3. The lowest BCUT2D eigenvalue weighted by molar-refractivity contribution is -0.137. The van der Waals surface area contributed by atoms with Gasteiger partial charge in [0, 0.05) is 17.1 Å². The Balaban J connectivity index is 1.77. The molecule has 0 saturated carbocycles. The van der Waals surface area contributed by atoms with Gasteiger partial charge in [0.2, 0.25) is 5.91 Å². The van der Waals surface area contributed by atoms with Crippen molar-refractivity contribution in [3.8, 4) is 11.4 Å². The molecule has 0 saturated heterocycles. The molecule has 0 radical (unpaired) electrons.